The predicted octanol–water partition coefficient (Wildman–Crippen LogP) is 1.88. The Balaban J connectivity index is 1.98. The summed E-state index contributed by atoms with van der Waals surface area (Å²) < 4.78 is 13.8. The van der Waals surface area contributed by atoms with Crippen molar-refractivity contribution in [3.8, 4) is 6.07 Å². The third-order valence-corrected chi connectivity index (χ3v) is 3.60. The minimum absolute atomic E-state index is 0.0165. The van der Waals surface area contributed by atoms with Gasteiger partial charge in [-0.1, -0.05) is 12.1 Å². The fourth-order valence-corrected chi connectivity index (χ4v) is 2.46. The van der Waals surface area contributed by atoms with Crippen molar-refractivity contribution in [1.29, 1.82) is 5.26 Å². The van der Waals surface area contributed by atoms with Crippen molar-refractivity contribution < 1.29 is 9.18 Å². The summed E-state index contributed by atoms with van der Waals surface area (Å²) in [5, 5.41) is 11.8. The first kappa shape index (κ1) is 16.8. The highest BCUT2D eigenvalue weighted by atomic mass is 19.1. The summed E-state index contributed by atoms with van der Waals surface area (Å²) in [5.41, 5.74) is 0.687. The number of hydrogen-bond acceptors (Lipinski definition) is 4. The van der Waals surface area contributed by atoms with Gasteiger partial charge < -0.3 is 15.1 Å². The fourth-order valence-electron chi connectivity index (χ4n) is 2.46. The summed E-state index contributed by atoms with van der Waals surface area (Å²) in [7, 11) is 0. The molecule has 0 unspecified atom stereocenters. The van der Waals surface area contributed by atoms with Crippen molar-refractivity contribution in [2.75, 3.05) is 31.1 Å². The zero-order valence-electron chi connectivity index (χ0n) is 13.4. The van der Waals surface area contributed by atoms with E-state index in [1.165, 1.54) is 6.07 Å². The maximum absolute atomic E-state index is 13.8. The van der Waals surface area contributed by atoms with Crippen molar-refractivity contribution >= 4 is 11.6 Å². The van der Waals surface area contributed by atoms with E-state index in [1.54, 1.807) is 18.3 Å². The Morgan fingerprint density at radius 1 is 1.30 bits per heavy atom. The molecule has 5 nitrogen and oxygen atoms in total. The molecule has 1 amide bonds. The number of benzene rings is 1. The summed E-state index contributed by atoms with van der Waals surface area (Å²) in [4.78, 5) is 15.8. The van der Waals surface area contributed by atoms with Crippen molar-refractivity contribution in [2.24, 2.45) is 0 Å². The zero-order chi connectivity index (χ0) is 16.8. The first-order valence-electron chi connectivity index (χ1n) is 7.67. The molecule has 0 atom stereocenters. The molecule has 1 N–H and O–H groups in total. The smallest absolute Gasteiger partial charge is 0.263 e. The lowest BCUT2D eigenvalue weighted by Gasteiger charge is -2.35. The highest BCUT2D eigenvalue weighted by Crippen LogP contribution is 2.20. The number of hydrogen-bond donors (Lipinski definition) is 1. The Kier molecular flexibility index (Phi) is 5.58. The largest absolute Gasteiger partial charge is 0.373 e. The van der Waals surface area contributed by atoms with Gasteiger partial charge in [0.25, 0.3) is 5.91 Å². The maximum Gasteiger partial charge on any atom is 0.263 e. The highest BCUT2D eigenvalue weighted by molar-refractivity contribution is 5.97. The van der Waals surface area contributed by atoms with E-state index in [-0.39, 0.29) is 23.3 Å². The monoisotopic (exact) mass is 316 g/mol. The number of piperazine rings is 1. The van der Waals surface area contributed by atoms with Crippen molar-refractivity contribution in [1.82, 2.24) is 10.2 Å². The van der Waals surface area contributed by atoms with Crippen LogP contribution in [-0.2, 0) is 4.79 Å². The third kappa shape index (κ3) is 4.46. The number of para-hydroxylation sites is 1. The molecule has 0 spiro atoms. The second-order valence-corrected chi connectivity index (χ2v) is 5.76. The molecule has 1 aliphatic rings. The Bertz CT molecular complexity index is 628. The number of nitrogens with zero attached hydrogens (tertiary/aromatic N) is 3. The molecule has 1 saturated heterocycles. The van der Waals surface area contributed by atoms with Gasteiger partial charge in [0.1, 0.15) is 17.5 Å². The third-order valence-electron chi connectivity index (χ3n) is 3.60. The molecule has 6 heteroatoms. The average Bonchev–Trinajstić information content (AvgIpc) is 2.53. The molecule has 0 aromatic heterocycles. The Labute approximate surface area is 136 Å². The lowest BCUT2D eigenvalue weighted by molar-refractivity contribution is -0.117. The second-order valence-electron chi connectivity index (χ2n) is 5.76. The van der Waals surface area contributed by atoms with Gasteiger partial charge in [-0.25, -0.2) is 4.39 Å². The second kappa shape index (κ2) is 7.63. The van der Waals surface area contributed by atoms with Crippen LogP contribution in [0.3, 0.4) is 0 Å². The van der Waals surface area contributed by atoms with Crippen LogP contribution >= 0.6 is 0 Å². The van der Waals surface area contributed by atoms with Crippen LogP contribution in [0.2, 0.25) is 0 Å². The van der Waals surface area contributed by atoms with E-state index < -0.39 is 0 Å². The van der Waals surface area contributed by atoms with Gasteiger partial charge in [-0.05, 0) is 26.0 Å². The van der Waals surface area contributed by atoms with E-state index in [2.05, 4.69) is 5.32 Å². The lowest BCUT2D eigenvalue weighted by atomic mass is 10.2. The van der Waals surface area contributed by atoms with Gasteiger partial charge >= 0.3 is 0 Å². The maximum atomic E-state index is 13.8. The van der Waals surface area contributed by atoms with Crippen molar-refractivity contribution in [2.45, 2.75) is 19.9 Å². The standard InChI is InChI=1S/C17H21FN4O/c1-13(2)20-17(23)14(11-19)12-21-7-9-22(10-8-21)16-6-4-3-5-15(16)18/h3-6,12-13H,7-10H2,1-2H3,(H,20,23)/b14-12-. The summed E-state index contributed by atoms with van der Waals surface area (Å²) in [6.45, 7) is 6.24. The van der Waals surface area contributed by atoms with Gasteiger partial charge in [-0.3, -0.25) is 4.79 Å². The summed E-state index contributed by atoms with van der Waals surface area (Å²) in [5.74, 6) is -0.593. The number of halogens is 1. The predicted molar refractivity (Wildman–Crippen MR) is 87.2 cm³/mol. The van der Waals surface area contributed by atoms with Gasteiger partial charge in [0.2, 0.25) is 0 Å². The first-order valence-corrected chi connectivity index (χ1v) is 7.67. The molecule has 0 aliphatic carbocycles. The first-order chi connectivity index (χ1) is 11.0. The molecule has 23 heavy (non-hydrogen) atoms. The molecule has 1 fully saturated rings. The van der Waals surface area contributed by atoms with Crippen LogP contribution in [-0.4, -0.2) is 43.0 Å². The zero-order valence-corrected chi connectivity index (χ0v) is 13.4. The van der Waals surface area contributed by atoms with Gasteiger partial charge in [0.05, 0.1) is 5.69 Å². The molecule has 1 aromatic carbocycles. The Morgan fingerprint density at radius 3 is 2.52 bits per heavy atom. The number of amides is 1. The molecule has 122 valence electrons. The van der Waals surface area contributed by atoms with E-state index in [1.807, 2.05) is 35.8 Å². The van der Waals surface area contributed by atoms with Crippen LogP contribution in [0.25, 0.3) is 0 Å². The molecular formula is C17H21FN4O. The van der Waals surface area contributed by atoms with Crippen LogP contribution in [0.5, 0.6) is 0 Å². The average molecular weight is 316 g/mol. The minimum atomic E-state index is -0.362. The van der Waals surface area contributed by atoms with Crippen LogP contribution in [0.4, 0.5) is 10.1 Å². The number of carbonyl (C=O) groups is 1. The molecular weight excluding hydrogens is 295 g/mol. The summed E-state index contributed by atoms with van der Waals surface area (Å²) in [6, 6.07) is 8.62. The van der Waals surface area contributed by atoms with Gasteiger partial charge in [-0.15, -0.1) is 0 Å². The normalized spacial score (nSPS) is 15.5. The van der Waals surface area contributed by atoms with Crippen molar-refractivity contribution in [3.05, 3.63) is 41.9 Å². The number of rotatable bonds is 4. The number of carbonyl (C=O) groups excluding carboxylic acids is 1. The molecule has 0 radical (unpaired) electrons. The van der Waals surface area contributed by atoms with Crippen LogP contribution in [0.15, 0.2) is 36.0 Å². The quantitative estimate of drug-likeness (QED) is 0.681. The van der Waals surface area contributed by atoms with E-state index >= 15 is 0 Å². The summed E-state index contributed by atoms with van der Waals surface area (Å²) in [6.07, 6.45) is 1.59. The van der Waals surface area contributed by atoms with Gasteiger partial charge in [0, 0.05) is 38.4 Å². The fraction of sp³-hybridized carbons (Fsp3) is 0.412. The molecule has 0 saturated carbocycles. The van der Waals surface area contributed by atoms with E-state index in [0.29, 0.717) is 31.9 Å². The SMILES string of the molecule is CC(C)NC(=O)/C(C#N)=C\N1CCN(c2ccccc2F)CC1. The molecule has 1 heterocycles. The molecule has 1 aromatic rings. The Hall–Kier alpha value is -2.55. The minimum Gasteiger partial charge on any atom is -0.373 e. The number of nitrogens with one attached hydrogen (secondary N) is 1. The Morgan fingerprint density at radius 2 is 1.96 bits per heavy atom. The highest BCUT2D eigenvalue weighted by Gasteiger charge is 2.19. The molecule has 1 aliphatic heterocycles. The van der Waals surface area contributed by atoms with Crippen LogP contribution in [0.1, 0.15) is 13.8 Å². The number of nitriles is 1. The van der Waals surface area contributed by atoms with E-state index in [4.69, 9.17) is 5.26 Å². The molecule has 0 bridgehead atoms. The van der Waals surface area contributed by atoms with Gasteiger partial charge in [0.15, 0.2) is 0 Å². The van der Waals surface area contributed by atoms with E-state index in [9.17, 15) is 9.18 Å². The topological polar surface area (TPSA) is 59.4 Å². The van der Waals surface area contributed by atoms with Crippen LogP contribution in [0, 0.1) is 17.1 Å². The van der Waals surface area contributed by atoms with Crippen LogP contribution < -0.4 is 10.2 Å². The molecule has 2 rings (SSSR count). The van der Waals surface area contributed by atoms with Gasteiger partial charge in [-0.2, -0.15) is 5.26 Å². The lowest BCUT2D eigenvalue weighted by Crippen LogP contribution is -2.45. The van der Waals surface area contributed by atoms with E-state index in [0.717, 1.165) is 0 Å². The summed E-state index contributed by atoms with van der Waals surface area (Å²) >= 11 is 0. The number of anilines is 1. The van der Waals surface area contributed by atoms with Crippen molar-refractivity contribution in [3.63, 3.8) is 0 Å².